The zero-order chi connectivity index (χ0) is 24.7. The van der Waals surface area contributed by atoms with Gasteiger partial charge in [0.25, 0.3) is 5.91 Å². The van der Waals surface area contributed by atoms with E-state index < -0.39 is 17.9 Å². The quantitative estimate of drug-likeness (QED) is 0.348. The highest BCUT2D eigenvalue weighted by molar-refractivity contribution is 5.95. The molecule has 0 fully saturated rings. The molecule has 0 aliphatic rings. The molecule has 1 N–H and O–H groups in total. The van der Waals surface area contributed by atoms with E-state index in [1.54, 1.807) is 50.4 Å². The minimum atomic E-state index is -0.921. The molecule has 1 atom stereocenters. The van der Waals surface area contributed by atoms with Gasteiger partial charge in [0.15, 0.2) is 11.8 Å². The molecule has 3 aromatic rings. The van der Waals surface area contributed by atoms with Crippen LogP contribution in [0.5, 0.6) is 5.75 Å². The Hall–Kier alpha value is -3.54. The fourth-order valence-electron chi connectivity index (χ4n) is 3.68. The summed E-state index contributed by atoms with van der Waals surface area (Å²) in [6, 6.07) is 17.7. The number of furan rings is 1. The molecule has 6 heteroatoms. The molecule has 3 rings (SSSR count). The Labute approximate surface area is 208 Å². The molecule has 0 unspecified atom stereocenters. The summed E-state index contributed by atoms with van der Waals surface area (Å²) >= 11 is 0. The SMILES string of the molecule is C.CCOC(=O)[C@@H](NC(=O)c1ccc(Cc2cc(C(C)(C)CC)ccc2OC)o1)c1ccccc1. The smallest absolute Gasteiger partial charge is 0.333 e. The number of esters is 1. The van der Waals surface area contributed by atoms with E-state index in [0.29, 0.717) is 17.7 Å². The molecule has 0 saturated heterocycles. The van der Waals surface area contributed by atoms with Crippen LogP contribution >= 0.6 is 0 Å². The second-order valence-electron chi connectivity index (χ2n) is 8.78. The fourth-order valence-corrected chi connectivity index (χ4v) is 3.68. The number of hydrogen-bond donors (Lipinski definition) is 1. The molecular weight excluding hydrogens is 442 g/mol. The normalized spacial score (nSPS) is 11.8. The minimum Gasteiger partial charge on any atom is -0.496 e. The number of nitrogens with one attached hydrogen (secondary N) is 1. The average molecular weight is 480 g/mol. The first kappa shape index (κ1) is 27.7. The van der Waals surface area contributed by atoms with Crippen molar-refractivity contribution >= 4 is 11.9 Å². The van der Waals surface area contributed by atoms with Gasteiger partial charge in [-0.15, -0.1) is 0 Å². The summed E-state index contributed by atoms with van der Waals surface area (Å²) in [5, 5.41) is 2.74. The van der Waals surface area contributed by atoms with Crippen molar-refractivity contribution in [2.75, 3.05) is 13.7 Å². The van der Waals surface area contributed by atoms with Gasteiger partial charge >= 0.3 is 5.97 Å². The molecule has 35 heavy (non-hydrogen) atoms. The van der Waals surface area contributed by atoms with Crippen molar-refractivity contribution in [1.82, 2.24) is 5.32 Å². The highest BCUT2D eigenvalue weighted by Gasteiger charge is 2.26. The van der Waals surface area contributed by atoms with Gasteiger partial charge in [0.2, 0.25) is 0 Å². The van der Waals surface area contributed by atoms with Crippen LogP contribution in [0.15, 0.2) is 65.1 Å². The maximum absolute atomic E-state index is 12.9. The predicted octanol–water partition coefficient (Wildman–Crippen LogP) is 6.24. The van der Waals surface area contributed by atoms with Crippen LogP contribution in [0.1, 0.15) is 80.6 Å². The fraction of sp³-hybridized carbons (Fsp3) is 0.379. The first-order valence-corrected chi connectivity index (χ1v) is 11.6. The van der Waals surface area contributed by atoms with Gasteiger partial charge in [-0.1, -0.05) is 70.7 Å². The second-order valence-corrected chi connectivity index (χ2v) is 8.78. The van der Waals surface area contributed by atoms with Gasteiger partial charge < -0.3 is 19.2 Å². The Morgan fingerprint density at radius 3 is 2.37 bits per heavy atom. The molecule has 188 valence electrons. The summed E-state index contributed by atoms with van der Waals surface area (Å²) in [7, 11) is 1.64. The number of benzene rings is 2. The summed E-state index contributed by atoms with van der Waals surface area (Å²) in [5.41, 5.74) is 2.88. The van der Waals surface area contributed by atoms with Crippen LogP contribution in [-0.2, 0) is 21.4 Å². The second kappa shape index (κ2) is 12.2. The number of carbonyl (C=O) groups is 2. The van der Waals surface area contributed by atoms with Crippen LogP contribution in [0, 0.1) is 0 Å². The highest BCUT2D eigenvalue weighted by Crippen LogP contribution is 2.32. The van der Waals surface area contributed by atoms with Gasteiger partial charge in [0.1, 0.15) is 11.5 Å². The number of hydrogen-bond acceptors (Lipinski definition) is 5. The lowest BCUT2D eigenvalue weighted by Gasteiger charge is -2.24. The number of amides is 1. The lowest BCUT2D eigenvalue weighted by atomic mass is 9.81. The molecule has 1 amide bonds. The standard InChI is InChI=1S/C28H33NO5.CH4/c1-6-28(3,4)21-13-15-23(32-5)20(17-21)18-22-14-16-24(34-22)26(30)29-25(27(31)33-7-2)19-11-9-8-10-12-19;/h8-17,25H,6-7,18H2,1-5H3,(H,29,30);1H4/t25-;/m0./s1. The van der Waals surface area contributed by atoms with Gasteiger partial charge in [-0.05, 0) is 48.1 Å². The largest absolute Gasteiger partial charge is 0.496 e. The Bertz CT molecular complexity index is 1120. The molecular formula is C29H37NO5. The molecule has 0 spiro atoms. The maximum atomic E-state index is 12.9. The van der Waals surface area contributed by atoms with Crippen LogP contribution in [0.25, 0.3) is 0 Å². The van der Waals surface area contributed by atoms with Gasteiger partial charge in [-0.2, -0.15) is 0 Å². The zero-order valence-corrected chi connectivity index (χ0v) is 20.5. The first-order valence-electron chi connectivity index (χ1n) is 11.6. The zero-order valence-electron chi connectivity index (χ0n) is 20.5. The van der Waals surface area contributed by atoms with E-state index in [1.807, 2.05) is 12.1 Å². The molecule has 2 aromatic carbocycles. The van der Waals surface area contributed by atoms with Crippen LogP contribution in [0.2, 0.25) is 0 Å². The van der Waals surface area contributed by atoms with Crippen LogP contribution in [0.3, 0.4) is 0 Å². The molecule has 1 heterocycles. The lowest BCUT2D eigenvalue weighted by molar-refractivity contribution is -0.145. The molecule has 0 saturated carbocycles. The minimum absolute atomic E-state index is 0. The molecule has 0 bridgehead atoms. The van der Waals surface area contributed by atoms with Crippen molar-refractivity contribution in [3.63, 3.8) is 0 Å². The topological polar surface area (TPSA) is 77.8 Å². The van der Waals surface area contributed by atoms with E-state index in [0.717, 1.165) is 17.7 Å². The van der Waals surface area contributed by atoms with Gasteiger partial charge in [0.05, 0.1) is 13.7 Å². The third kappa shape index (κ3) is 6.75. The molecule has 0 radical (unpaired) electrons. The van der Waals surface area contributed by atoms with E-state index in [-0.39, 0.29) is 25.2 Å². The number of ether oxygens (including phenoxy) is 2. The van der Waals surface area contributed by atoms with E-state index in [1.165, 1.54) is 5.56 Å². The molecule has 6 nitrogen and oxygen atoms in total. The van der Waals surface area contributed by atoms with Crippen molar-refractivity contribution in [3.8, 4) is 5.75 Å². The third-order valence-electron chi connectivity index (χ3n) is 6.13. The summed E-state index contributed by atoms with van der Waals surface area (Å²) in [4.78, 5) is 25.4. The number of carbonyl (C=O) groups excluding carboxylic acids is 2. The number of rotatable bonds is 10. The van der Waals surface area contributed by atoms with Crippen molar-refractivity contribution < 1.29 is 23.5 Å². The average Bonchev–Trinajstić information content (AvgIpc) is 3.31. The van der Waals surface area contributed by atoms with Crippen molar-refractivity contribution in [2.24, 2.45) is 0 Å². The van der Waals surface area contributed by atoms with Crippen LogP contribution in [-0.4, -0.2) is 25.6 Å². The van der Waals surface area contributed by atoms with Crippen molar-refractivity contribution in [2.45, 2.75) is 59.4 Å². The predicted molar refractivity (Wildman–Crippen MR) is 138 cm³/mol. The van der Waals surface area contributed by atoms with Crippen LogP contribution < -0.4 is 10.1 Å². The monoisotopic (exact) mass is 479 g/mol. The Morgan fingerprint density at radius 2 is 1.74 bits per heavy atom. The first-order chi connectivity index (χ1) is 16.3. The molecule has 0 aliphatic carbocycles. The summed E-state index contributed by atoms with van der Waals surface area (Å²) in [6.45, 7) is 8.53. The van der Waals surface area contributed by atoms with Crippen molar-refractivity contribution in [1.29, 1.82) is 0 Å². The maximum Gasteiger partial charge on any atom is 0.333 e. The van der Waals surface area contributed by atoms with Gasteiger partial charge in [-0.3, -0.25) is 4.79 Å². The van der Waals surface area contributed by atoms with Crippen molar-refractivity contribution in [3.05, 3.63) is 88.9 Å². The van der Waals surface area contributed by atoms with Crippen LogP contribution in [0.4, 0.5) is 0 Å². The Morgan fingerprint density at radius 1 is 1.03 bits per heavy atom. The Balaban J connectivity index is 0.00000432. The summed E-state index contributed by atoms with van der Waals surface area (Å²) < 4.78 is 16.6. The third-order valence-corrected chi connectivity index (χ3v) is 6.13. The van der Waals surface area contributed by atoms with E-state index >= 15 is 0 Å². The van der Waals surface area contributed by atoms with E-state index in [9.17, 15) is 9.59 Å². The highest BCUT2D eigenvalue weighted by atomic mass is 16.5. The summed E-state index contributed by atoms with van der Waals surface area (Å²) in [5.74, 6) is 0.519. The Kier molecular flexibility index (Phi) is 9.69. The van der Waals surface area contributed by atoms with Gasteiger partial charge in [0, 0.05) is 12.0 Å². The number of methoxy groups -OCH3 is 1. The lowest BCUT2D eigenvalue weighted by Crippen LogP contribution is -2.34. The summed E-state index contributed by atoms with van der Waals surface area (Å²) in [6.07, 6.45) is 1.48. The van der Waals surface area contributed by atoms with E-state index in [4.69, 9.17) is 13.9 Å². The molecule has 0 aliphatic heterocycles. The van der Waals surface area contributed by atoms with Gasteiger partial charge in [-0.25, -0.2) is 4.79 Å². The molecule has 1 aromatic heterocycles. The van der Waals surface area contributed by atoms with E-state index in [2.05, 4.69) is 38.2 Å².